The molecule has 0 saturated heterocycles. The van der Waals surface area contributed by atoms with Gasteiger partial charge in [-0.1, -0.05) is 60.7 Å². The Bertz CT molecular complexity index is 1810. The molecule has 0 aliphatic carbocycles. The number of nitrogens with zero attached hydrogens (tertiary/aromatic N) is 2. The van der Waals surface area contributed by atoms with Crippen molar-refractivity contribution < 1.29 is 9.59 Å². The predicted octanol–water partition coefficient (Wildman–Crippen LogP) is 8.11. The van der Waals surface area contributed by atoms with E-state index in [2.05, 4.69) is 12.1 Å². The highest BCUT2D eigenvalue weighted by molar-refractivity contribution is 6.22. The van der Waals surface area contributed by atoms with Crippen molar-refractivity contribution in [2.24, 2.45) is 0 Å². The van der Waals surface area contributed by atoms with Crippen LogP contribution >= 0.6 is 23.2 Å². The minimum atomic E-state index is -0.0343. The first-order chi connectivity index (χ1) is 17.6. The molecule has 6 rings (SSSR count). The number of halogens is 2. The Morgan fingerprint density at radius 1 is 0.583 bits per heavy atom. The highest BCUT2D eigenvalue weighted by atomic mass is 35.5. The minimum Gasteiger partial charge on any atom is -0.280 e. The van der Waals surface area contributed by atoms with Gasteiger partial charge in [-0.25, -0.2) is 0 Å². The number of carbonyl (C=O) groups excluding carboxylic acids is 2. The highest BCUT2D eigenvalue weighted by Gasteiger charge is 2.20. The van der Waals surface area contributed by atoms with Gasteiger partial charge in [0, 0.05) is 51.7 Å². The molecule has 0 saturated carbocycles. The Morgan fingerprint density at radius 3 is 1.83 bits per heavy atom. The van der Waals surface area contributed by atoms with Crippen LogP contribution in [0.1, 0.15) is 22.4 Å². The molecule has 178 valence electrons. The quantitative estimate of drug-likeness (QED) is 0.219. The van der Waals surface area contributed by atoms with Crippen LogP contribution in [0, 0.1) is 0 Å². The molecule has 0 spiro atoms. The number of hydrogen-bond donors (Lipinski definition) is 0. The third-order valence-corrected chi connectivity index (χ3v) is 7.17. The van der Waals surface area contributed by atoms with Crippen molar-refractivity contribution >= 4 is 78.6 Å². The normalized spacial score (nSPS) is 11.7. The van der Waals surface area contributed by atoms with Gasteiger partial charge in [-0.2, -0.15) is 0 Å². The van der Waals surface area contributed by atoms with E-state index in [9.17, 15) is 9.59 Å². The molecule has 0 aliphatic heterocycles. The molecule has 4 nitrogen and oxygen atoms in total. The van der Waals surface area contributed by atoms with Crippen molar-refractivity contribution in [2.75, 3.05) is 11.8 Å². The zero-order valence-electron chi connectivity index (χ0n) is 19.4. The summed E-state index contributed by atoms with van der Waals surface area (Å²) in [6.07, 6.45) is 0.512. The number of fused-ring (bicyclic) bond motifs is 6. The molecule has 6 heteroatoms. The lowest BCUT2D eigenvalue weighted by molar-refractivity contribution is 0.0911. The maximum Gasteiger partial charge on any atom is 0.232 e. The SMILES string of the molecule is O=C(CCCl)n1c2ccccc2c2cc(-c3cccc4c5ccccc5n(C(=O)CCCl)c34)ccc21. The van der Waals surface area contributed by atoms with Crippen LogP contribution in [0.2, 0.25) is 0 Å². The summed E-state index contributed by atoms with van der Waals surface area (Å²) in [7, 11) is 0. The van der Waals surface area contributed by atoms with E-state index in [1.54, 1.807) is 9.13 Å². The van der Waals surface area contributed by atoms with Crippen LogP contribution in [0.4, 0.5) is 0 Å². The molecule has 0 radical (unpaired) electrons. The van der Waals surface area contributed by atoms with Crippen molar-refractivity contribution in [1.82, 2.24) is 9.13 Å². The van der Waals surface area contributed by atoms with E-state index < -0.39 is 0 Å². The number of benzene rings is 4. The topological polar surface area (TPSA) is 44.0 Å². The summed E-state index contributed by atoms with van der Waals surface area (Å²) in [5, 5.41) is 4.04. The van der Waals surface area contributed by atoms with Crippen LogP contribution in [0.15, 0.2) is 84.9 Å². The average molecular weight is 513 g/mol. The standard InChI is InChI=1S/C30H22Cl2N2O2/c31-16-14-28(35)33-25-10-3-2-7-22(25)24-18-19(12-13-27(24)33)20-8-5-9-23-21-6-1-4-11-26(21)34(30(20)23)29(36)15-17-32/h1-13,18H,14-17H2. The predicted molar refractivity (Wildman–Crippen MR) is 150 cm³/mol. The van der Waals surface area contributed by atoms with Gasteiger partial charge in [-0.3, -0.25) is 18.7 Å². The second-order valence-corrected chi connectivity index (χ2v) is 9.56. The summed E-state index contributed by atoms with van der Waals surface area (Å²) in [6.45, 7) is 0. The molecule has 0 bridgehead atoms. The fraction of sp³-hybridized carbons (Fsp3) is 0.133. The molecule has 0 amide bonds. The van der Waals surface area contributed by atoms with Gasteiger partial charge in [0.05, 0.1) is 22.1 Å². The highest BCUT2D eigenvalue weighted by Crippen LogP contribution is 2.38. The van der Waals surface area contributed by atoms with Gasteiger partial charge >= 0.3 is 0 Å². The molecule has 0 fully saturated rings. The molecule has 0 N–H and O–H groups in total. The lowest BCUT2D eigenvalue weighted by Gasteiger charge is -2.10. The Kier molecular flexibility index (Phi) is 5.79. The zero-order chi connectivity index (χ0) is 24.8. The van der Waals surface area contributed by atoms with Crippen LogP contribution in [-0.2, 0) is 0 Å². The number of rotatable bonds is 5. The fourth-order valence-corrected chi connectivity index (χ4v) is 5.63. The largest absolute Gasteiger partial charge is 0.280 e. The molecule has 0 atom stereocenters. The first-order valence-electron chi connectivity index (χ1n) is 11.9. The number of alkyl halides is 2. The van der Waals surface area contributed by atoms with E-state index in [0.717, 1.165) is 54.7 Å². The molecule has 4 aromatic carbocycles. The number of aromatic nitrogens is 2. The third-order valence-electron chi connectivity index (χ3n) is 6.79. The summed E-state index contributed by atoms with van der Waals surface area (Å²) in [5.74, 6) is 0.468. The van der Waals surface area contributed by atoms with Gasteiger partial charge in [0.2, 0.25) is 11.8 Å². The van der Waals surface area contributed by atoms with E-state index in [0.29, 0.717) is 0 Å². The number of hydrogen-bond acceptors (Lipinski definition) is 2. The minimum absolute atomic E-state index is 0.0298. The van der Waals surface area contributed by atoms with E-state index in [-0.39, 0.29) is 36.4 Å². The van der Waals surface area contributed by atoms with Crippen LogP contribution in [-0.4, -0.2) is 32.7 Å². The Labute approximate surface area is 217 Å². The Morgan fingerprint density at radius 2 is 1.14 bits per heavy atom. The zero-order valence-corrected chi connectivity index (χ0v) is 20.9. The smallest absolute Gasteiger partial charge is 0.232 e. The average Bonchev–Trinajstić information content (AvgIpc) is 3.42. The lowest BCUT2D eigenvalue weighted by atomic mass is 10.00. The van der Waals surface area contributed by atoms with Crippen molar-refractivity contribution in [1.29, 1.82) is 0 Å². The molecular formula is C30H22Cl2N2O2. The first-order valence-corrected chi connectivity index (χ1v) is 12.9. The van der Waals surface area contributed by atoms with Crippen molar-refractivity contribution in [3.63, 3.8) is 0 Å². The number of carbonyl (C=O) groups is 2. The first kappa shape index (κ1) is 22.8. The van der Waals surface area contributed by atoms with Gasteiger partial charge in [-0.05, 0) is 29.8 Å². The van der Waals surface area contributed by atoms with E-state index >= 15 is 0 Å². The van der Waals surface area contributed by atoms with Gasteiger partial charge in [0.15, 0.2) is 0 Å². The van der Waals surface area contributed by atoms with E-state index in [1.165, 1.54) is 0 Å². The molecule has 0 aliphatic rings. The van der Waals surface area contributed by atoms with Crippen molar-refractivity contribution in [2.45, 2.75) is 12.8 Å². The van der Waals surface area contributed by atoms with Crippen molar-refractivity contribution in [3.05, 3.63) is 84.9 Å². The van der Waals surface area contributed by atoms with Crippen LogP contribution in [0.3, 0.4) is 0 Å². The van der Waals surface area contributed by atoms with Crippen LogP contribution in [0.5, 0.6) is 0 Å². The maximum atomic E-state index is 13.3. The summed E-state index contributed by atoms with van der Waals surface area (Å²) in [5.41, 5.74) is 5.39. The summed E-state index contributed by atoms with van der Waals surface area (Å²) in [6, 6.07) is 28.1. The Hall–Kier alpha value is -3.60. The molecule has 2 aromatic heterocycles. The Balaban J connectivity index is 1.67. The van der Waals surface area contributed by atoms with Crippen molar-refractivity contribution in [3.8, 4) is 11.1 Å². The van der Waals surface area contributed by atoms with Crippen LogP contribution < -0.4 is 0 Å². The second-order valence-electron chi connectivity index (χ2n) is 8.80. The van der Waals surface area contributed by atoms with Gasteiger partial charge < -0.3 is 0 Å². The molecular weight excluding hydrogens is 491 g/mol. The molecule has 2 heterocycles. The monoisotopic (exact) mass is 512 g/mol. The maximum absolute atomic E-state index is 13.3. The third kappa shape index (κ3) is 3.44. The summed E-state index contributed by atoms with van der Waals surface area (Å²) < 4.78 is 3.57. The number of para-hydroxylation sites is 3. The lowest BCUT2D eigenvalue weighted by Crippen LogP contribution is -2.11. The van der Waals surface area contributed by atoms with Gasteiger partial charge in [0.1, 0.15) is 0 Å². The van der Waals surface area contributed by atoms with E-state index in [4.69, 9.17) is 23.2 Å². The van der Waals surface area contributed by atoms with Gasteiger partial charge in [0.25, 0.3) is 0 Å². The molecule has 0 unspecified atom stereocenters. The summed E-state index contributed by atoms with van der Waals surface area (Å²) >= 11 is 11.9. The fourth-order valence-electron chi connectivity index (χ4n) is 5.30. The molecule has 6 aromatic rings. The van der Waals surface area contributed by atoms with E-state index in [1.807, 2.05) is 72.8 Å². The van der Waals surface area contributed by atoms with Crippen LogP contribution in [0.25, 0.3) is 54.7 Å². The van der Waals surface area contributed by atoms with Gasteiger partial charge in [-0.15, -0.1) is 23.2 Å². The molecule has 36 heavy (non-hydrogen) atoms. The second kappa shape index (κ2) is 9.12. The summed E-state index contributed by atoms with van der Waals surface area (Å²) in [4.78, 5) is 26.2.